The van der Waals surface area contributed by atoms with Gasteiger partial charge in [-0.1, -0.05) is 20.8 Å². The molecule has 4 aromatic rings. The normalized spacial score (nSPS) is 11.3. The number of amides is 2. The van der Waals surface area contributed by atoms with Crippen molar-refractivity contribution in [3.05, 3.63) is 89.9 Å². The van der Waals surface area contributed by atoms with Crippen LogP contribution in [-0.4, -0.2) is 20.8 Å². The highest BCUT2D eigenvalue weighted by atomic mass is 19.1. The van der Waals surface area contributed by atoms with Crippen molar-refractivity contribution in [1.29, 1.82) is 0 Å². The lowest BCUT2D eigenvalue weighted by Crippen LogP contribution is -2.22. The number of nitrogens with one attached hydrogen (secondary N) is 2. The lowest BCUT2D eigenvalue weighted by atomic mass is 9.90. The van der Waals surface area contributed by atoms with Crippen LogP contribution >= 0.6 is 0 Å². The Morgan fingerprint density at radius 2 is 1.51 bits per heavy atom. The quantitative estimate of drug-likeness (QED) is 0.340. The smallest absolute Gasteiger partial charge is 0.324 e. The molecule has 0 radical (unpaired) electrons. The minimum atomic E-state index is -0.741. The number of halogens is 2. The number of urea groups is 1. The number of benzene rings is 2. The first-order chi connectivity index (χ1) is 16.6. The van der Waals surface area contributed by atoms with Crippen molar-refractivity contribution in [3.63, 3.8) is 0 Å². The van der Waals surface area contributed by atoms with E-state index in [0.29, 0.717) is 34.3 Å². The number of rotatable bonds is 5. The largest absolute Gasteiger partial charge is 0.457 e. The maximum atomic E-state index is 13.9. The Kier molecular flexibility index (Phi) is 6.50. The molecule has 2 amide bonds. The van der Waals surface area contributed by atoms with E-state index in [1.807, 2.05) is 20.8 Å². The van der Waals surface area contributed by atoms with Gasteiger partial charge in [0.15, 0.2) is 0 Å². The molecule has 0 spiro atoms. The number of hydrogen-bond donors (Lipinski definition) is 2. The third-order valence-electron chi connectivity index (χ3n) is 5.15. The summed E-state index contributed by atoms with van der Waals surface area (Å²) in [5.74, 6) is 0.0737. The second-order valence-corrected chi connectivity index (χ2v) is 9.00. The van der Waals surface area contributed by atoms with E-state index in [1.54, 1.807) is 55.7 Å². The zero-order valence-electron chi connectivity index (χ0n) is 19.8. The summed E-state index contributed by atoms with van der Waals surface area (Å²) >= 11 is 0. The molecule has 0 unspecified atom stereocenters. The van der Waals surface area contributed by atoms with Gasteiger partial charge in [-0.2, -0.15) is 5.10 Å². The van der Waals surface area contributed by atoms with Gasteiger partial charge in [0.1, 0.15) is 29.0 Å². The molecule has 0 aliphatic heterocycles. The molecule has 0 aliphatic carbocycles. The Morgan fingerprint density at radius 3 is 2.11 bits per heavy atom. The van der Waals surface area contributed by atoms with Crippen molar-refractivity contribution >= 4 is 17.5 Å². The van der Waals surface area contributed by atoms with Gasteiger partial charge in [-0.3, -0.25) is 10.3 Å². The van der Waals surface area contributed by atoms with Crippen molar-refractivity contribution in [3.8, 4) is 17.2 Å². The second-order valence-electron chi connectivity index (χ2n) is 9.00. The summed E-state index contributed by atoms with van der Waals surface area (Å²) in [5.41, 5.74) is 1.71. The molecule has 0 aliphatic rings. The highest BCUT2D eigenvalue weighted by molar-refractivity contribution is 6.00. The van der Waals surface area contributed by atoms with E-state index >= 15 is 0 Å². The number of pyridine rings is 1. The van der Waals surface area contributed by atoms with Crippen molar-refractivity contribution < 1.29 is 18.3 Å². The Bertz CT molecular complexity index is 1330. The summed E-state index contributed by atoms with van der Waals surface area (Å²) in [6.07, 6.45) is 3.26. The molecule has 0 saturated carbocycles. The number of carbonyl (C=O) groups excluding carboxylic acids is 1. The van der Waals surface area contributed by atoms with Crippen molar-refractivity contribution in [2.45, 2.75) is 33.1 Å². The minimum absolute atomic E-state index is 0.161. The summed E-state index contributed by atoms with van der Waals surface area (Å²) in [4.78, 5) is 16.8. The van der Waals surface area contributed by atoms with Gasteiger partial charge >= 0.3 is 6.03 Å². The van der Waals surface area contributed by atoms with Crippen LogP contribution in [0.15, 0.2) is 67.0 Å². The summed E-state index contributed by atoms with van der Waals surface area (Å²) in [5, 5.41) is 10.1. The van der Waals surface area contributed by atoms with Crippen LogP contribution < -0.4 is 15.4 Å². The van der Waals surface area contributed by atoms with Crippen LogP contribution in [-0.2, 0) is 5.41 Å². The standard InChI is InChI=1S/C26H25F2N5O2/c1-16-23(26(2,3)4)32-33(20-14-17(27)13-18(28)15-20)24(16)31-25(34)30-19-5-7-21(8-6-19)35-22-9-11-29-12-10-22/h5-15H,1-4H3,(H2,30,31,34). The monoisotopic (exact) mass is 477 g/mol. The van der Waals surface area contributed by atoms with E-state index in [1.165, 1.54) is 4.68 Å². The van der Waals surface area contributed by atoms with Crippen LogP contribution in [0.25, 0.3) is 5.69 Å². The molecule has 2 heterocycles. The van der Waals surface area contributed by atoms with Crippen molar-refractivity contribution in [2.75, 3.05) is 10.6 Å². The Morgan fingerprint density at radius 1 is 0.914 bits per heavy atom. The van der Waals surface area contributed by atoms with Crippen LogP contribution in [0.3, 0.4) is 0 Å². The predicted octanol–water partition coefficient (Wildman–Crippen LogP) is 6.59. The molecular formula is C26H25F2N5O2. The number of carbonyl (C=O) groups is 1. The number of ether oxygens (including phenoxy) is 1. The number of hydrogen-bond acceptors (Lipinski definition) is 4. The van der Waals surface area contributed by atoms with E-state index < -0.39 is 17.7 Å². The number of nitrogens with zero attached hydrogens (tertiary/aromatic N) is 3. The summed E-state index contributed by atoms with van der Waals surface area (Å²) in [7, 11) is 0. The Labute approximate surface area is 201 Å². The number of anilines is 2. The van der Waals surface area contributed by atoms with Gasteiger partial charge in [-0.05, 0) is 55.5 Å². The van der Waals surface area contributed by atoms with Gasteiger partial charge in [0, 0.05) is 35.1 Å². The van der Waals surface area contributed by atoms with Gasteiger partial charge in [-0.15, -0.1) is 0 Å². The van der Waals surface area contributed by atoms with Crippen LogP contribution in [0.4, 0.5) is 25.1 Å². The molecule has 0 saturated heterocycles. The topological polar surface area (TPSA) is 81.1 Å². The molecule has 0 fully saturated rings. The molecular weight excluding hydrogens is 452 g/mol. The molecule has 2 N–H and O–H groups in total. The van der Waals surface area contributed by atoms with E-state index in [0.717, 1.165) is 18.2 Å². The van der Waals surface area contributed by atoms with Gasteiger partial charge in [0.25, 0.3) is 0 Å². The first kappa shape index (κ1) is 23.9. The van der Waals surface area contributed by atoms with E-state index in [4.69, 9.17) is 4.74 Å². The van der Waals surface area contributed by atoms with E-state index in [-0.39, 0.29) is 11.1 Å². The van der Waals surface area contributed by atoms with Gasteiger partial charge < -0.3 is 10.1 Å². The van der Waals surface area contributed by atoms with Gasteiger partial charge in [0.05, 0.1) is 11.4 Å². The van der Waals surface area contributed by atoms with E-state index in [9.17, 15) is 13.6 Å². The third kappa shape index (κ3) is 5.63. The summed E-state index contributed by atoms with van der Waals surface area (Å²) in [6.45, 7) is 7.72. The average molecular weight is 478 g/mol. The predicted molar refractivity (Wildman–Crippen MR) is 130 cm³/mol. The van der Waals surface area contributed by atoms with Gasteiger partial charge in [0.2, 0.25) is 0 Å². The molecule has 4 rings (SSSR count). The van der Waals surface area contributed by atoms with Crippen LogP contribution in [0.5, 0.6) is 11.5 Å². The first-order valence-corrected chi connectivity index (χ1v) is 10.9. The van der Waals surface area contributed by atoms with Crippen LogP contribution in [0, 0.1) is 18.6 Å². The Balaban J connectivity index is 1.56. The zero-order valence-corrected chi connectivity index (χ0v) is 19.8. The fourth-order valence-electron chi connectivity index (χ4n) is 3.62. The minimum Gasteiger partial charge on any atom is -0.457 e. The second kappa shape index (κ2) is 9.54. The molecule has 35 heavy (non-hydrogen) atoms. The highest BCUT2D eigenvalue weighted by Crippen LogP contribution is 2.32. The number of aromatic nitrogens is 3. The summed E-state index contributed by atoms with van der Waals surface area (Å²) in [6, 6.07) is 12.9. The van der Waals surface area contributed by atoms with Gasteiger partial charge in [-0.25, -0.2) is 18.3 Å². The van der Waals surface area contributed by atoms with Crippen LogP contribution in [0.2, 0.25) is 0 Å². The Hall–Kier alpha value is -4.27. The maximum absolute atomic E-state index is 13.9. The maximum Gasteiger partial charge on any atom is 0.324 e. The SMILES string of the molecule is Cc1c(C(C)(C)C)nn(-c2cc(F)cc(F)c2)c1NC(=O)Nc1ccc(Oc2ccncc2)cc1. The van der Waals surface area contributed by atoms with Crippen LogP contribution in [0.1, 0.15) is 32.0 Å². The van der Waals surface area contributed by atoms with Crippen molar-refractivity contribution in [1.82, 2.24) is 14.8 Å². The fourth-order valence-corrected chi connectivity index (χ4v) is 3.62. The summed E-state index contributed by atoms with van der Waals surface area (Å²) < 4.78 is 34.9. The molecule has 9 heteroatoms. The molecule has 2 aromatic heterocycles. The van der Waals surface area contributed by atoms with Crippen molar-refractivity contribution in [2.24, 2.45) is 0 Å². The molecule has 0 atom stereocenters. The fraction of sp³-hybridized carbons (Fsp3) is 0.192. The van der Waals surface area contributed by atoms with E-state index in [2.05, 4.69) is 20.7 Å². The lowest BCUT2D eigenvalue weighted by Gasteiger charge is -2.16. The molecule has 0 bridgehead atoms. The molecule has 2 aromatic carbocycles. The molecule has 180 valence electrons. The third-order valence-corrected chi connectivity index (χ3v) is 5.15. The first-order valence-electron chi connectivity index (χ1n) is 10.9. The highest BCUT2D eigenvalue weighted by Gasteiger charge is 2.26. The lowest BCUT2D eigenvalue weighted by molar-refractivity contribution is 0.262. The molecule has 7 nitrogen and oxygen atoms in total. The average Bonchev–Trinajstić information content (AvgIpc) is 3.11. The zero-order chi connectivity index (χ0) is 25.2.